The molecule has 3 N–H and O–H groups in total. The van der Waals surface area contributed by atoms with Gasteiger partial charge in [0, 0.05) is 32.5 Å². The van der Waals surface area contributed by atoms with Crippen LogP contribution in [0.1, 0.15) is 24.8 Å². The van der Waals surface area contributed by atoms with E-state index in [0.717, 1.165) is 5.56 Å². The van der Waals surface area contributed by atoms with Crippen LogP contribution in [0.4, 0.5) is 5.95 Å². The van der Waals surface area contributed by atoms with E-state index in [1.807, 2.05) is 31.2 Å². The maximum absolute atomic E-state index is 13.1. The highest BCUT2D eigenvalue weighted by Gasteiger charge is 2.55. The molecule has 3 atom stereocenters. The van der Waals surface area contributed by atoms with Gasteiger partial charge in [0.25, 0.3) is 0 Å². The van der Waals surface area contributed by atoms with Crippen molar-refractivity contribution in [2.75, 3.05) is 18.4 Å². The lowest BCUT2D eigenvalue weighted by atomic mass is 9.73. The maximum atomic E-state index is 13.1. The van der Waals surface area contributed by atoms with Gasteiger partial charge in [-0.1, -0.05) is 18.2 Å². The SMILES string of the molecule is Cn1ncnc1NCCN1C(=O)[C@@H](C(N)=O)[C@H]2C[C@@]1(C)Oc1ccccc12. The van der Waals surface area contributed by atoms with Gasteiger partial charge in [-0.25, -0.2) is 4.68 Å². The Bertz CT molecular complexity index is 897. The van der Waals surface area contributed by atoms with Crippen molar-refractivity contribution in [2.24, 2.45) is 18.7 Å². The molecule has 0 aliphatic carbocycles. The summed E-state index contributed by atoms with van der Waals surface area (Å²) in [4.78, 5) is 31.0. The van der Waals surface area contributed by atoms with E-state index >= 15 is 0 Å². The lowest BCUT2D eigenvalue weighted by Crippen LogP contribution is -2.65. The number of aryl methyl sites for hydroxylation is 1. The maximum Gasteiger partial charge on any atom is 0.238 e. The number of piperidine rings is 1. The molecule has 0 radical (unpaired) electrons. The van der Waals surface area contributed by atoms with Crippen LogP contribution in [0, 0.1) is 5.92 Å². The number of hydrogen-bond donors (Lipinski definition) is 2. The highest BCUT2D eigenvalue weighted by molar-refractivity contribution is 6.01. The summed E-state index contributed by atoms with van der Waals surface area (Å²) in [5.74, 6) is -0.763. The fourth-order valence-electron chi connectivity index (χ4n) is 4.11. The minimum Gasteiger partial charge on any atom is -0.468 e. The van der Waals surface area contributed by atoms with E-state index in [1.54, 1.807) is 16.6 Å². The number of rotatable bonds is 5. The number of para-hydroxylation sites is 1. The number of nitrogens with one attached hydrogen (secondary N) is 1. The zero-order valence-electron chi connectivity index (χ0n) is 15.3. The summed E-state index contributed by atoms with van der Waals surface area (Å²) in [7, 11) is 1.78. The van der Waals surface area contributed by atoms with Gasteiger partial charge in [0.1, 0.15) is 18.0 Å². The van der Waals surface area contributed by atoms with Crippen molar-refractivity contribution >= 4 is 17.8 Å². The number of fused-ring (bicyclic) bond motifs is 4. The summed E-state index contributed by atoms with van der Waals surface area (Å²) in [6.07, 6.45) is 1.97. The van der Waals surface area contributed by atoms with Crippen LogP contribution >= 0.6 is 0 Å². The molecule has 2 bridgehead atoms. The normalized spacial score (nSPS) is 26.3. The number of aromatic nitrogens is 3. The fraction of sp³-hybridized carbons (Fsp3) is 0.444. The third-order valence-electron chi connectivity index (χ3n) is 5.39. The molecule has 2 aromatic rings. The van der Waals surface area contributed by atoms with Crippen LogP contribution in [-0.4, -0.2) is 50.3 Å². The summed E-state index contributed by atoms with van der Waals surface area (Å²) >= 11 is 0. The van der Waals surface area contributed by atoms with Gasteiger partial charge in [-0.05, 0) is 18.6 Å². The summed E-state index contributed by atoms with van der Waals surface area (Å²) < 4.78 is 7.81. The minimum absolute atomic E-state index is 0.270. The van der Waals surface area contributed by atoms with Crippen molar-refractivity contribution < 1.29 is 14.3 Å². The molecule has 27 heavy (non-hydrogen) atoms. The standard InChI is InChI=1S/C18H22N6O3/c1-18-9-12(11-5-3-4-6-13(11)27-18)14(15(19)25)16(26)24(18)8-7-20-17-21-10-22-23(17)2/h3-6,10,12,14H,7-9H2,1-2H3,(H2,19,25)(H,20,21,22)/t12-,14+,18+/m0/s1. The van der Waals surface area contributed by atoms with Crippen molar-refractivity contribution in [1.82, 2.24) is 19.7 Å². The number of nitrogens with zero attached hydrogens (tertiary/aromatic N) is 4. The molecule has 142 valence electrons. The molecule has 2 aliphatic heterocycles. The first-order valence-corrected chi connectivity index (χ1v) is 8.87. The van der Waals surface area contributed by atoms with E-state index in [-0.39, 0.29) is 11.8 Å². The molecule has 4 rings (SSSR count). The topological polar surface area (TPSA) is 115 Å². The number of amides is 2. The number of likely N-dealkylation sites (tertiary alicyclic amines) is 1. The molecule has 1 saturated heterocycles. The molecule has 1 aromatic carbocycles. The summed E-state index contributed by atoms with van der Waals surface area (Å²) in [6.45, 7) is 2.67. The molecule has 0 spiro atoms. The van der Waals surface area contributed by atoms with E-state index in [1.165, 1.54) is 6.33 Å². The van der Waals surface area contributed by atoms with Crippen molar-refractivity contribution in [3.8, 4) is 5.75 Å². The van der Waals surface area contributed by atoms with Crippen molar-refractivity contribution in [3.05, 3.63) is 36.2 Å². The van der Waals surface area contributed by atoms with Crippen LogP contribution in [0.2, 0.25) is 0 Å². The number of ether oxygens (including phenoxy) is 1. The molecule has 9 nitrogen and oxygen atoms in total. The van der Waals surface area contributed by atoms with Gasteiger partial charge in [-0.3, -0.25) is 9.59 Å². The Labute approximate surface area is 156 Å². The van der Waals surface area contributed by atoms with Gasteiger partial charge in [-0.15, -0.1) is 0 Å². The van der Waals surface area contributed by atoms with E-state index in [0.29, 0.717) is 31.2 Å². The van der Waals surface area contributed by atoms with E-state index in [9.17, 15) is 9.59 Å². The Morgan fingerprint density at radius 1 is 1.44 bits per heavy atom. The van der Waals surface area contributed by atoms with Crippen molar-refractivity contribution in [2.45, 2.75) is 25.0 Å². The van der Waals surface area contributed by atoms with Gasteiger partial charge in [0.2, 0.25) is 17.8 Å². The number of carbonyl (C=O) groups excluding carboxylic acids is 2. The predicted octanol–water partition coefficient (Wildman–Crippen LogP) is 0.453. The van der Waals surface area contributed by atoms with Gasteiger partial charge in [-0.2, -0.15) is 10.1 Å². The first-order valence-electron chi connectivity index (χ1n) is 8.87. The molecule has 1 aromatic heterocycles. The van der Waals surface area contributed by atoms with Gasteiger partial charge >= 0.3 is 0 Å². The molecule has 0 unspecified atom stereocenters. The van der Waals surface area contributed by atoms with Crippen LogP contribution in [0.25, 0.3) is 0 Å². The van der Waals surface area contributed by atoms with Crippen LogP contribution in [0.15, 0.2) is 30.6 Å². The van der Waals surface area contributed by atoms with E-state index < -0.39 is 17.6 Å². The van der Waals surface area contributed by atoms with E-state index in [2.05, 4.69) is 15.4 Å². The number of benzene rings is 1. The molecule has 0 saturated carbocycles. The molecular weight excluding hydrogens is 348 g/mol. The van der Waals surface area contributed by atoms with E-state index in [4.69, 9.17) is 10.5 Å². The lowest BCUT2D eigenvalue weighted by Gasteiger charge is -2.52. The molecular formula is C18H22N6O3. The third-order valence-corrected chi connectivity index (χ3v) is 5.39. The number of hydrogen-bond acceptors (Lipinski definition) is 6. The van der Waals surface area contributed by atoms with Gasteiger partial charge in [0.15, 0.2) is 5.72 Å². The quantitative estimate of drug-likeness (QED) is 0.739. The molecule has 1 fully saturated rings. The third kappa shape index (κ3) is 2.79. The monoisotopic (exact) mass is 370 g/mol. The Morgan fingerprint density at radius 2 is 2.22 bits per heavy atom. The van der Waals surface area contributed by atoms with Gasteiger partial charge < -0.3 is 20.7 Å². The average Bonchev–Trinajstić information content (AvgIpc) is 3.02. The van der Waals surface area contributed by atoms with Crippen molar-refractivity contribution in [1.29, 1.82) is 0 Å². The predicted molar refractivity (Wildman–Crippen MR) is 96.7 cm³/mol. The molecule has 3 heterocycles. The zero-order valence-corrected chi connectivity index (χ0v) is 15.3. The lowest BCUT2D eigenvalue weighted by molar-refractivity contribution is -0.174. The number of anilines is 1. The first kappa shape index (κ1) is 17.3. The largest absolute Gasteiger partial charge is 0.468 e. The molecule has 9 heteroatoms. The second kappa shape index (κ2) is 6.26. The smallest absolute Gasteiger partial charge is 0.238 e. The Morgan fingerprint density at radius 3 is 2.93 bits per heavy atom. The number of nitrogens with two attached hydrogens (primary N) is 1. The van der Waals surface area contributed by atoms with Crippen LogP contribution < -0.4 is 15.8 Å². The average molecular weight is 370 g/mol. The Balaban J connectivity index is 1.61. The first-order chi connectivity index (χ1) is 12.9. The van der Waals surface area contributed by atoms with Crippen LogP contribution in [-0.2, 0) is 16.6 Å². The number of carbonyl (C=O) groups is 2. The highest BCUT2D eigenvalue weighted by Crippen LogP contribution is 2.49. The van der Waals surface area contributed by atoms with Crippen LogP contribution in [0.5, 0.6) is 5.75 Å². The summed E-state index contributed by atoms with van der Waals surface area (Å²) in [5.41, 5.74) is 5.65. The molecule has 2 amide bonds. The highest BCUT2D eigenvalue weighted by atomic mass is 16.5. The molecule has 2 aliphatic rings. The minimum atomic E-state index is -0.891. The zero-order chi connectivity index (χ0) is 19.2. The fourth-order valence-corrected chi connectivity index (χ4v) is 4.11. The second-order valence-corrected chi connectivity index (χ2v) is 7.13. The summed E-state index contributed by atoms with van der Waals surface area (Å²) in [6, 6.07) is 7.52. The van der Waals surface area contributed by atoms with Crippen molar-refractivity contribution in [3.63, 3.8) is 0 Å². The van der Waals surface area contributed by atoms with Gasteiger partial charge in [0.05, 0.1) is 0 Å². The van der Waals surface area contributed by atoms with Crippen LogP contribution in [0.3, 0.4) is 0 Å². The number of primary amides is 1. The Kier molecular flexibility index (Phi) is 4.01. The second-order valence-electron chi connectivity index (χ2n) is 7.13. The Hall–Kier alpha value is -3.10. The summed E-state index contributed by atoms with van der Waals surface area (Å²) in [5, 5.41) is 7.14.